The van der Waals surface area contributed by atoms with E-state index in [2.05, 4.69) is 33.0 Å². The molecule has 2 atom stereocenters. The maximum Gasteiger partial charge on any atom is 0.220 e. The number of nitrogens with one attached hydrogen (secondary N) is 1. The van der Waals surface area contributed by atoms with Gasteiger partial charge in [0.2, 0.25) is 5.91 Å². The molecular formula is C12H25NO2. The van der Waals surface area contributed by atoms with Crippen LogP contribution in [0.3, 0.4) is 0 Å². The summed E-state index contributed by atoms with van der Waals surface area (Å²) in [7, 11) is 1.64. The first-order chi connectivity index (χ1) is 6.77. The molecule has 0 aromatic carbocycles. The molecule has 3 heteroatoms. The number of ether oxygens (including phenoxy) is 1. The van der Waals surface area contributed by atoms with E-state index in [4.69, 9.17) is 4.74 Å². The van der Waals surface area contributed by atoms with Gasteiger partial charge in [0.05, 0.1) is 6.61 Å². The molecule has 1 amide bonds. The van der Waals surface area contributed by atoms with E-state index >= 15 is 0 Å². The van der Waals surface area contributed by atoms with E-state index in [1.54, 1.807) is 7.11 Å². The summed E-state index contributed by atoms with van der Waals surface area (Å²) in [6.45, 7) is 11.1. The van der Waals surface area contributed by atoms with Crippen molar-refractivity contribution in [3.8, 4) is 0 Å². The Morgan fingerprint density at radius 2 is 1.87 bits per heavy atom. The van der Waals surface area contributed by atoms with Gasteiger partial charge in [0.25, 0.3) is 0 Å². The predicted molar refractivity (Wildman–Crippen MR) is 62.7 cm³/mol. The second kappa shape index (κ2) is 6.11. The number of carbonyl (C=O) groups excluding carboxylic acids is 1. The molecule has 0 bridgehead atoms. The molecule has 0 aromatic heterocycles. The van der Waals surface area contributed by atoms with Gasteiger partial charge in [-0.15, -0.1) is 0 Å². The van der Waals surface area contributed by atoms with Crippen molar-refractivity contribution in [2.24, 2.45) is 11.3 Å². The van der Waals surface area contributed by atoms with Crippen molar-refractivity contribution in [2.45, 2.75) is 47.1 Å². The van der Waals surface area contributed by atoms with Crippen LogP contribution in [0.25, 0.3) is 0 Å². The normalized spacial score (nSPS) is 15.9. The van der Waals surface area contributed by atoms with Gasteiger partial charge in [-0.05, 0) is 18.3 Å². The van der Waals surface area contributed by atoms with Gasteiger partial charge in [-0.2, -0.15) is 0 Å². The molecule has 0 rings (SSSR count). The number of methoxy groups -OCH3 is 1. The molecule has 0 heterocycles. The molecule has 0 saturated carbocycles. The first kappa shape index (κ1) is 14.4. The Morgan fingerprint density at radius 1 is 1.33 bits per heavy atom. The fraction of sp³-hybridized carbons (Fsp3) is 0.917. The SMILES string of the molecule is COC[C@H](C)NC(=O)C[C@H](C)C(C)(C)C. The number of hydrogen-bond acceptors (Lipinski definition) is 2. The van der Waals surface area contributed by atoms with Crippen LogP contribution in [-0.4, -0.2) is 25.7 Å². The summed E-state index contributed by atoms with van der Waals surface area (Å²) in [5, 5.41) is 2.92. The standard InChI is InChI=1S/C12H25NO2/c1-9(12(3,4)5)7-11(14)13-10(2)8-15-6/h9-10H,7-8H2,1-6H3,(H,13,14)/t9-,10-/m0/s1. The lowest BCUT2D eigenvalue weighted by Crippen LogP contribution is -2.37. The number of carbonyl (C=O) groups is 1. The van der Waals surface area contributed by atoms with Crippen molar-refractivity contribution in [2.75, 3.05) is 13.7 Å². The monoisotopic (exact) mass is 215 g/mol. The van der Waals surface area contributed by atoms with Crippen molar-refractivity contribution in [3.05, 3.63) is 0 Å². The van der Waals surface area contributed by atoms with Gasteiger partial charge < -0.3 is 10.1 Å². The molecule has 0 aliphatic carbocycles. The van der Waals surface area contributed by atoms with Gasteiger partial charge in [0.15, 0.2) is 0 Å². The fourth-order valence-corrected chi connectivity index (χ4v) is 1.21. The van der Waals surface area contributed by atoms with Crippen molar-refractivity contribution in [1.29, 1.82) is 0 Å². The van der Waals surface area contributed by atoms with E-state index in [0.29, 0.717) is 18.9 Å². The summed E-state index contributed by atoms with van der Waals surface area (Å²) in [4.78, 5) is 11.6. The van der Waals surface area contributed by atoms with Crippen molar-refractivity contribution in [1.82, 2.24) is 5.32 Å². The topological polar surface area (TPSA) is 38.3 Å². The largest absolute Gasteiger partial charge is 0.383 e. The van der Waals surface area contributed by atoms with Crippen LogP contribution in [-0.2, 0) is 9.53 Å². The average molecular weight is 215 g/mol. The Bertz CT molecular complexity index is 196. The quantitative estimate of drug-likeness (QED) is 0.763. The van der Waals surface area contributed by atoms with Gasteiger partial charge in [-0.3, -0.25) is 4.79 Å². The molecule has 0 fully saturated rings. The fourth-order valence-electron chi connectivity index (χ4n) is 1.21. The summed E-state index contributed by atoms with van der Waals surface area (Å²) in [5.41, 5.74) is 0.182. The third-order valence-electron chi connectivity index (χ3n) is 2.79. The van der Waals surface area contributed by atoms with Gasteiger partial charge in [-0.1, -0.05) is 27.7 Å². The highest BCUT2D eigenvalue weighted by Crippen LogP contribution is 2.27. The first-order valence-electron chi connectivity index (χ1n) is 5.55. The molecular weight excluding hydrogens is 190 g/mol. The second-order valence-corrected chi connectivity index (χ2v) is 5.40. The minimum absolute atomic E-state index is 0.0923. The molecule has 0 aromatic rings. The highest BCUT2D eigenvalue weighted by Gasteiger charge is 2.22. The Hall–Kier alpha value is -0.570. The minimum Gasteiger partial charge on any atom is -0.383 e. The van der Waals surface area contributed by atoms with Crippen LogP contribution in [0.4, 0.5) is 0 Å². The molecule has 3 nitrogen and oxygen atoms in total. The van der Waals surface area contributed by atoms with Gasteiger partial charge in [0, 0.05) is 19.6 Å². The lowest BCUT2D eigenvalue weighted by atomic mass is 9.80. The van der Waals surface area contributed by atoms with Crippen LogP contribution < -0.4 is 5.32 Å². The summed E-state index contributed by atoms with van der Waals surface area (Å²) in [5.74, 6) is 0.495. The zero-order valence-corrected chi connectivity index (χ0v) is 10.9. The number of hydrogen-bond donors (Lipinski definition) is 1. The Kier molecular flexibility index (Phi) is 5.88. The van der Waals surface area contributed by atoms with Gasteiger partial charge >= 0.3 is 0 Å². The molecule has 0 aliphatic rings. The van der Waals surface area contributed by atoms with Crippen molar-refractivity contribution >= 4 is 5.91 Å². The molecule has 0 spiro atoms. The Labute approximate surface area is 93.6 Å². The summed E-state index contributed by atoms with van der Waals surface area (Å²) < 4.78 is 4.96. The summed E-state index contributed by atoms with van der Waals surface area (Å²) >= 11 is 0. The van der Waals surface area contributed by atoms with Crippen LogP contribution in [0.15, 0.2) is 0 Å². The van der Waals surface area contributed by atoms with E-state index in [1.807, 2.05) is 6.92 Å². The van der Waals surface area contributed by atoms with Crippen molar-refractivity contribution < 1.29 is 9.53 Å². The van der Waals surface area contributed by atoms with Gasteiger partial charge in [0.1, 0.15) is 0 Å². The van der Waals surface area contributed by atoms with Crippen LogP contribution >= 0.6 is 0 Å². The minimum atomic E-state index is 0.0923. The van der Waals surface area contributed by atoms with Crippen LogP contribution in [0.5, 0.6) is 0 Å². The molecule has 0 aliphatic heterocycles. The van der Waals surface area contributed by atoms with E-state index in [0.717, 1.165) is 0 Å². The van der Waals surface area contributed by atoms with Crippen molar-refractivity contribution in [3.63, 3.8) is 0 Å². The predicted octanol–water partition coefficient (Wildman–Crippen LogP) is 2.21. The molecule has 0 radical (unpaired) electrons. The molecule has 0 saturated heterocycles. The first-order valence-corrected chi connectivity index (χ1v) is 5.55. The van der Waals surface area contributed by atoms with Crippen LogP contribution in [0.1, 0.15) is 41.0 Å². The average Bonchev–Trinajstić information content (AvgIpc) is 2.01. The van der Waals surface area contributed by atoms with E-state index in [9.17, 15) is 4.79 Å². The van der Waals surface area contributed by atoms with Crippen LogP contribution in [0, 0.1) is 11.3 Å². The second-order valence-electron chi connectivity index (χ2n) is 5.40. The Morgan fingerprint density at radius 3 is 2.27 bits per heavy atom. The molecule has 90 valence electrons. The van der Waals surface area contributed by atoms with Gasteiger partial charge in [-0.25, -0.2) is 0 Å². The number of amides is 1. The maximum absolute atomic E-state index is 11.6. The van der Waals surface area contributed by atoms with E-state index in [-0.39, 0.29) is 17.4 Å². The van der Waals surface area contributed by atoms with E-state index < -0.39 is 0 Å². The summed E-state index contributed by atoms with van der Waals surface area (Å²) in [6.07, 6.45) is 0.581. The summed E-state index contributed by atoms with van der Waals surface area (Å²) in [6, 6.07) is 0.0923. The zero-order valence-electron chi connectivity index (χ0n) is 10.9. The van der Waals surface area contributed by atoms with Crippen LogP contribution in [0.2, 0.25) is 0 Å². The zero-order chi connectivity index (χ0) is 12.1. The highest BCUT2D eigenvalue weighted by atomic mass is 16.5. The molecule has 0 unspecified atom stereocenters. The lowest BCUT2D eigenvalue weighted by molar-refractivity contribution is -0.123. The lowest BCUT2D eigenvalue weighted by Gasteiger charge is -2.27. The maximum atomic E-state index is 11.6. The molecule has 15 heavy (non-hydrogen) atoms. The third-order valence-corrected chi connectivity index (χ3v) is 2.79. The smallest absolute Gasteiger partial charge is 0.220 e. The van der Waals surface area contributed by atoms with E-state index in [1.165, 1.54) is 0 Å². The number of rotatable bonds is 5. The molecule has 1 N–H and O–H groups in total. The highest BCUT2D eigenvalue weighted by molar-refractivity contribution is 5.76. The third kappa shape index (κ3) is 6.50. The Balaban J connectivity index is 3.94.